The number of anilines is 1. The van der Waals surface area contributed by atoms with Gasteiger partial charge in [0.25, 0.3) is 5.91 Å². The van der Waals surface area contributed by atoms with Gasteiger partial charge in [-0.05, 0) is 35.4 Å². The van der Waals surface area contributed by atoms with Crippen molar-refractivity contribution >= 4 is 11.6 Å². The van der Waals surface area contributed by atoms with Crippen LogP contribution in [0.5, 0.6) is 5.75 Å². The largest absolute Gasteiger partial charge is 0.497 e. The van der Waals surface area contributed by atoms with Crippen LogP contribution in [0.3, 0.4) is 0 Å². The quantitative estimate of drug-likeness (QED) is 0.944. The van der Waals surface area contributed by atoms with E-state index in [0.717, 1.165) is 16.8 Å². The zero-order valence-corrected chi connectivity index (χ0v) is 12.7. The first-order valence-electron chi connectivity index (χ1n) is 7.33. The summed E-state index contributed by atoms with van der Waals surface area (Å²) in [5, 5.41) is 9.20. The molecule has 0 bridgehead atoms. The maximum atomic E-state index is 12.6. The Morgan fingerprint density at radius 3 is 2.59 bits per heavy atom. The van der Waals surface area contributed by atoms with Crippen LogP contribution in [-0.4, -0.2) is 24.7 Å². The van der Waals surface area contributed by atoms with Gasteiger partial charge < -0.3 is 14.7 Å². The van der Waals surface area contributed by atoms with Crippen molar-refractivity contribution in [3.63, 3.8) is 0 Å². The molecular formula is C18H19NO3. The van der Waals surface area contributed by atoms with Gasteiger partial charge in [-0.25, -0.2) is 0 Å². The third kappa shape index (κ3) is 2.46. The van der Waals surface area contributed by atoms with Crippen LogP contribution >= 0.6 is 0 Å². The van der Waals surface area contributed by atoms with Crippen molar-refractivity contribution < 1.29 is 14.6 Å². The lowest BCUT2D eigenvalue weighted by atomic mass is 10.0. The van der Waals surface area contributed by atoms with Gasteiger partial charge >= 0.3 is 0 Å². The molecule has 0 saturated heterocycles. The molecule has 2 aromatic carbocycles. The first-order chi connectivity index (χ1) is 10.6. The van der Waals surface area contributed by atoms with Crippen molar-refractivity contribution in [1.82, 2.24) is 0 Å². The number of aliphatic hydroxyl groups excluding tert-OH is 1. The van der Waals surface area contributed by atoms with E-state index in [1.807, 2.05) is 43.3 Å². The average molecular weight is 297 g/mol. The van der Waals surface area contributed by atoms with Gasteiger partial charge in [0.2, 0.25) is 0 Å². The minimum absolute atomic E-state index is 0.00291. The molecule has 1 unspecified atom stereocenters. The third-order valence-electron chi connectivity index (χ3n) is 4.17. The normalized spacial score (nSPS) is 14.9. The Morgan fingerprint density at radius 2 is 1.95 bits per heavy atom. The van der Waals surface area contributed by atoms with Crippen molar-refractivity contribution in [2.45, 2.75) is 19.4 Å². The Hall–Kier alpha value is -2.33. The zero-order valence-electron chi connectivity index (χ0n) is 12.7. The highest BCUT2D eigenvalue weighted by Crippen LogP contribution is 2.31. The van der Waals surface area contributed by atoms with E-state index in [2.05, 4.69) is 0 Å². The van der Waals surface area contributed by atoms with E-state index >= 15 is 0 Å². The summed E-state index contributed by atoms with van der Waals surface area (Å²) in [5.41, 5.74) is 3.65. The van der Waals surface area contributed by atoms with E-state index in [9.17, 15) is 9.90 Å². The Labute approximate surface area is 130 Å². The maximum absolute atomic E-state index is 12.6. The summed E-state index contributed by atoms with van der Waals surface area (Å²) < 4.78 is 5.19. The molecule has 4 heteroatoms. The molecule has 0 saturated carbocycles. The number of rotatable bonds is 4. The molecule has 114 valence electrons. The summed E-state index contributed by atoms with van der Waals surface area (Å²) in [5.74, 6) is 0.794. The number of aliphatic hydroxyl groups is 1. The number of carbonyl (C=O) groups is 1. The monoisotopic (exact) mass is 297 g/mol. The second kappa shape index (κ2) is 5.81. The molecule has 0 aliphatic carbocycles. The van der Waals surface area contributed by atoms with Gasteiger partial charge in [-0.3, -0.25) is 4.79 Å². The molecule has 1 amide bonds. The van der Waals surface area contributed by atoms with E-state index in [1.54, 1.807) is 18.1 Å². The van der Waals surface area contributed by atoms with Gasteiger partial charge in [-0.1, -0.05) is 25.1 Å². The summed E-state index contributed by atoms with van der Waals surface area (Å²) in [7, 11) is 1.60. The predicted octanol–water partition coefficient (Wildman–Crippen LogP) is 2.95. The lowest BCUT2D eigenvalue weighted by molar-refractivity contribution is 0.0996. The standard InChI is InChI=1S/C18H19NO3/c1-12(11-20)13-3-6-15(7-4-13)19-10-14-5-8-16(22-2)9-17(14)18(19)21/h3-9,12,20H,10-11H2,1-2H3. The van der Waals surface area contributed by atoms with E-state index in [0.29, 0.717) is 17.9 Å². The first-order valence-corrected chi connectivity index (χ1v) is 7.33. The summed E-state index contributed by atoms with van der Waals surface area (Å²) in [6, 6.07) is 13.4. The van der Waals surface area contributed by atoms with E-state index < -0.39 is 0 Å². The summed E-state index contributed by atoms with van der Waals surface area (Å²) in [4.78, 5) is 14.3. The second-order valence-corrected chi connectivity index (χ2v) is 5.59. The topological polar surface area (TPSA) is 49.8 Å². The van der Waals surface area contributed by atoms with Gasteiger partial charge in [0.05, 0.1) is 13.7 Å². The fourth-order valence-electron chi connectivity index (χ4n) is 2.70. The number of benzene rings is 2. The highest BCUT2D eigenvalue weighted by atomic mass is 16.5. The number of methoxy groups -OCH3 is 1. The van der Waals surface area contributed by atoms with Crippen LogP contribution in [0.15, 0.2) is 42.5 Å². The van der Waals surface area contributed by atoms with Crippen LogP contribution in [0.2, 0.25) is 0 Å². The lowest BCUT2D eigenvalue weighted by Gasteiger charge is -2.17. The molecule has 1 N–H and O–H groups in total. The maximum Gasteiger partial charge on any atom is 0.259 e. The molecule has 22 heavy (non-hydrogen) atoms. The van der Waals surface area contributed by atoms with Crippen molar-refractivity contribution in [3.05, 3.63) is 59.2 Å². The van der Waals surface area contributed by atoms with Gasteiger partial charge in [-0.15, -0.1) is 0 Å². The summed E-state index contributed by atoms with van der Waals surface area (Å²) >= 11 is 0. The van der Waals surface area contributed by atoms with Crippen LogP contribution < -0.4 is 9.64 Å². The highest BCUT2D eigenvalue weighted by Gasteiger charge is 2.28. The Morgan fingerprint density at radius 1 is 1.23 bits per heavy atom. The number of hydrogen-bond donors (Lipinski definition) is 1. The molecule has 4 nitrogen and oxygen atoms in total. The van der Waals surface area contributed by atoms with Crippen LogP contribution in [0.25, 0.3) is 0 Å². The molecule has 1 atom stereocenters. The predicted molar refractivity (Wildman–Crippen MR) is 85.5 cm³/mol. The molecule has 0 radical (unpaired) electrons. The molecular weight excluding hydrogens is 278 g/mol. The number of ether oxygens (including phenoxy) is 1. The molecule has 0 aromatic heterocycles. The van der Waals surface area contributed by atoms with Gasteiger partial charge in [0.15, 0.2) is 0 Å². The van der Waals surface area contributed by atoms with Crippen LogP contribution in [-0.2, 0) is 6.54 Å². The minimum Gasteiger partial charge on any atom is -0.497 e. The first kappa shape index (κ1) is 14.6. The third-order valence-corrected chi connectivity index (χ3v) is 4.17. The van der Waals surface area contributed by atoms with Gasteiger partial charge in [0.1, 0.15) is 5.75 Å². The Bertz CT molecular complexity index is 694. The van der Waals surface area contributed by atoms with Gasteiger partial charge in [0, 0.05) is 23.8 Å². The van der Waals surface area contributed by atoms with Crippen molar-refractivity contribution in [2.24, 2.45) is 0 Å². The molecule has 1 aliphatic rings. The van der Waals surface area contributed by atoms with Crippen LogP contribution in [0, 0.1) is 0 Å². The van der Waals surface area contributed by atoms with Crippen molar-refractivity contribution in [3.8, 4) is 5.75 Å². The zero-order chi connectivity index (χ0) is 15.7. The highest BCUT2D eigenvalue weighted by molar-refractivity contribution is 6.10. The van der Waals surface area contributed by atoms with Crippen LogP contribution in [0.4, 0.5) is 5.69 Å². The molecule has 1 heterocycles. The number of amides is 1. The second-order valence-electron chi connectivity index (χ2n) is 5.59. The molecule has 0 spiro atoms. The average Bonchev–Trinajstić information content (AvgIpc) is 2.90. The smallest absolute Gasteiger partial charge is 0.259 e. The number of fused-ring (bicyclic) bond motifs is 1. The summed E-state index contributed by atoms with van der Waals surface area (Å²) in [6.07, 6.45) is 0. The fourth-order valence-corrected chi connectivity index (χ4v) is 2.70. The Kier molecular flexibility index (Phi) is 3.86. The fraction of sp³-hybridized carbons (Fsp3) is 0.278. The number of nitrogens with zero attached hydrogens (tertiary/aromatic N) is 1. The van der Waals surface area contributed by atoms with E-state index in [1.165, 1.54) is 0 Å². The molecule has 3 rings (SSSR count). The molecule has 0 fully saturated rings. The van der Waals surface area contributed by atoms with Gasteiger partial charge in [-0.2, -0.15) is 0 Å². The summed E-state index contributed by atoms with van der Waals surface area (Å²) in [6.45, 7) is 2.67. The lowest BCUT2D eigenvalue weighted by Crippen LogP contribution is -2.22. The van der Waals surface area contributed by atoms with Crippen molar-refractivity contribution in [1.29, 1.82) is 0 Å². The molecule has 1 aliphatic heterocycles. The van der Waals surface area contributed by atoms with E-state index in [4.69, 9.17) is 4.74 Å². The Balaban J connectivity index is 1.87. The number of hydrogen-bond acceptors (Lipinski definition) is 3. The number of carbonyl (C=O) groups excluding carboxylic acids is 1. The molecule has 2 aromatic rings. The minimum atomic E-state index is -0.00291. The van der Waals surface area contributed by atoms with Crippen LogP contribution in [0.1, 0.15) is 34.3 Å². The van der Waals surface area contributed by atoms with Crippen molar-refractivity contribution in [2.75, 3.05) is 18.6 Å². The van der Waals surface area contributed by atoms with E-state index in [-0.39, 0.29) is 18.4 Å². The SMILES string of the molecule is COc1ccc2c(c1)C(=O)N(c1ccc(C(C)CO)cc1)C2.